The molecule has 23 heavy (non-hydrogen) atoms. The zero-order valence-corrected chi connectivity index (χ0v) is 13.9. The molecule has 2 rings (SSSR count). The summed E-state index contributed by atoms with van der Waals surface area (Å²) >= 11 is 1.14. The summed E-state index contributed by atoms with van der Waals surface area (Å²) in [7, 11) is 0. The zero-order chi connectivity index (χ0) is 16.8. The second kappa shape index (κ2) is 7.82. The Morgan fingerprint density at radius 3 is 2.87 bits per heavy atom. The van der Waals surface area contributed by atoms with Crippen molar-refractivity contribution in [3.63, 3.8) is 0 Å². The van der Waals surface area contributed by atoms with Crippen LogP contribution in [0.1, 0.15) is 31.7 Å². The molecule has 0 saturated carbocycles. The Morgan fingerprint density at radius 1 is 1.43 bits per heavy atom. The van der Waals surface area contributed by atoms with Gasteiger partial charge in [-0.1, -0.05) is 43.8 Å². The molecule has 6 nitrogen and oxygen atoms in total. The largest absolute Gasteiger partial charge is 0.383 e. The van der Waals surface area contributed by atoms with Gasteiger partial charge in [-0.3, -0.25) is 9.59 Å². The summed E-state index contributed by atoms with van der Waals surface area (Å²) in [6, 6.07) is 8.98. The quantitative estimate of drug-likeness (QED) is 0.557. The van der Waals surface area contributed by atoms with E-state index in [2.05, 4.69) is 29.1 Å². The number of hydrogen-bond donors (Lipinski definition) is 3. The van der Waals surface area contributed by atoms with E-state index in [0.29, 0.717) is 11.1 Å². The maximum Gasteiger partial charge on any atom is 0.253 e. The Bertz CT molecular complexity index is 745. The van der Waals surface area contributed by atoms with Crippen LogP contribution in [-0.2, 0) is 4.79 Å². The third-order valence-electron chi connectivity index (χ3n) is 3.46. The van der Waals surface area contributed by atoms with Crippen LogP contribution >= 0.6 is 11.8 Å². The molecule has 0 saturated heterocycles. The normalized spacial score (nSPS) is 11.9. The number of nitrogen functional groups attached to an aromatic ring is 1. The second-order valence-corrected chi connectivity index (χ2v) is 6.17. The highest BCUT2D eigenvalue weighted by molar-refractivity contribution is 7.99. The highest BCUT2D eigenvalue weighted by Gasteiger charge is 2.11. The highest BCUT2D eigenvalue weighted by Crippen LogP contribution is 2.26. The van der Waals surface area contributed by atoms with Crippen LogP contribution in [-0.4, -0.2) is 21.6 Å². The van der Waals surface area contributed by atoms with Gasteiger partial charge < -0.3 is 16.0 Å². The van der Waals surface area contributed by atoms with Gasteiger partial charge in [0.25, 0.3) is 5.56 Å². The summed E-state index contributed by atoms with van der Waals surface area (Å²) in [5.74, 6) is 0.488. The molecule has 2 aromatic rings. The number of nitrogens with zero attached hydrogens (tertiary/aromatic N) is 1. The van der Waals surface area contributed by atoms with Gasteiger partial charge in [-0.2, -0.15) is 0 Å². The Morgan fingerprint density at radius 2 is 2.17 bits per heavy atom. The third kappa shape index (κ3) is 4.85. The van der Waals surface area contributed by atoms with Crippen molar-refractivity contribution in [1.82, 2.24) is 9.97 Å². The number of carbonyl (C=O) groups excluding carboxylic acids is 1. The van der Waals surface area contributed by atoms with E-state index in [-0.39, 0.29) is 23.0 Å². The summed E-state index contributed by atoms with van der Waals surface area (Å²) in [6.45, 7) is 4.24. The number of amides is 1. The number of para-hydroxylation sites is 1. The molecule has 1 amide bonds. The van der Waals surface area contributed by atoms with Crippen molar-refractivity contribution >= 4 is 29.2 Å². The monoisotopic (exact) mass is 332 g/mol. The van der Waals surface area contributed by atoms with Gasteiger partial charge in [0, 0.05) is 11.8 Å². The molecule has 122 valence electrons. The Labute approximate surface area is 138 Å². The summed E-state index contributed by atoms with van der Waals surface area (Å²) in [6.07, 6.45) is 0.996. The molecule has 0 radical (unpaired) electrons. The number of aromatic nitrogens is 2. The van der Waals surface area contributed by atoms with Gasteiger partial charge in [0.1, 0.15) is 5.82 Å². The van der Waals surface area contributed by atoms with Crippen LogP contribution in [0.25, 0.3) is 0 Å². The Hall–Kier alpha value is -2.28. The Balaban J connectivity index is 2.01. The molecule has 1 aromatic carbocycles. The number of nitrogens with one attached hydrogen (secondary N) is 2. The first-order chi connectivity index (χ1) is 11.0. The van der Waals surface area contributed by atoms with Crippen LogP contribution < -0.4 is 16.6 Å². The predicted molar refractivity (Wildman–Crippen MR) is 93.8 cm³/mol. The lowest BCUT2D eigenvalue weighted by Gasteiger charge is -2.15. The van der Waals surface area contributed by atoms with Crippen LogP contribution in [0.5, 0.6) is 0 Å². The Kier molecular flexibility index (Phi) is 5.81. The van der Waals surface area contributed by atoms with Crippen molar-refractivity contribution in [2.45, 2.75) is 31.3 Å². The van der Waals surface area contributed by atoms with Crippen LogP contribution in [0, 0.1) is 0 Å². The number of anilines is 2. The van der Waals surface area contributed by atoms with E-state index >= 15 is 0 Å². The SMILES string of the molecule is CC[C@@H](C)c1ccccc1NC(=O)CSc1nc(N)cc(=O)[nH]1. The van der Waals surface area contributed by atoms with Gasteiger partial charge in [0.05, 0.1) is 5.75 Å². The lowest BCUT2D eigenvalue weighted by Crippen LogP contribution is -2.17. The number of rotatable bonds is 6. The van der Waals surface area contributed by atoms with Crippen LogP contribution in [0.15, 0.2) is 40.3 Å². The standard InChI is InChI=1S/C16H20N4O2S/c1-3-10(2)11-6-4-5-7-12(11)18-15(22)9-23-16-19-13(17)8-14(21)20-16/h4-8,10H,3,9H2,1-2H3,(H,18,22)(H3,17,19,20,21)/t10-/m1/s1. The van der Waals surface area contributed by atoms with Gasteiger partial charge in [0.2, 0.25) is 5.91 Å². The lowest BCUT2D eigenvalue weighted by molar-refractivity contribution is -0.113. The number of benzene rings is 1. The van der Waals surface area contributed by atoms with Crippen LogP contribution in [0.3, 0.4) is 0 Å². The minimum atomic E-state index is -0.331. The van der Waals surface area contributed by atoms with Crippen molar-refractivity contribution < 1.29 is 4.79 Å². The van der Waals surface area contributed by atoms with Crippen molar-refractivity contribution in [3.05, 3.63) is 46.2 Å². The van der Waals surface area contributed by atoms with E-state index in [1.165, 1.54) is 6.07 Å². The molecule has 0 aliphatic carbocycles. The number of aromatic amines is 1. The first-order valence-corrected chi connectivity index (χ1v) is 8.36. The fraction of sp³-hybridized carbons (Fsp3) is 0.312. The van der Waals surface area contributed by atoms with E-state index in [0.717, 1.165) is 29.4 Å². The van der Waals surface area contributed by atoms with Crippen molar-refractivity contribution in [2.24, 2.45) is 0 Å². The van der Waals surface area contributed by atoms with Gasteiger partial charge in [0.15, 0.2) is 5.16 Å². The van der Waals surface area contributed by atoms with E-state index in [1.807, 2.05) is 24.3 Å². The molecule has 0 spiro atoms. The molecular formula is C16H20N4O2S. The summed E-state index contributed by atoms with van der Waals surface area (Å²) < 4.78 is 0. The number of H-pyrrole nitrogens is 1. The second-order valence-electron chi connectivity index (χ2n) is 5.21. The first-order valence-electron chi connectivity index (χ1n) is 7.38. The molecule has 0 aliphatic heterocycles. The van der Waals surface area contributed by atoms with E-state index in [1.54, 1.807) is 0 Å². The molecule has 1 aromatic heterocycles. The number of nitrogens with two attached hydrogens (primary N) is 1. The minimum Gasteiger partial charge on any atom is -0.383 e. The summed E-state index contributed by atoms with van der Waals surface area (Å²) in [5, 5.41) is 3.25. The van der Waals surface area contributed by atoms with Crippen LogP contribution in [0.4, 0.5) is 11.5 Å². The lowest BCUT2D eigenvalue weighted by atomic mass is 9.97. The number of carbonyl (C=O) groups is 1. The molecule has 0 bridgehead atoms. The molecular weight excluding hydrogens is 312 g/mol. The average molecular weight is 332 g/mol. The van der Waals surface area contributed by atoms with Gasteiger partial charge in [-0.05, 0) is 24.0 Å². The summed E-state index contributed by atoms with van der Waals surface area (Å²) in [4.78, 5) is 30.0. The third-order valence-corrected chi connectivity index (χ3v) is 4.33. The van der Waals surface area contributed by atoms with Crippen LogP contribution in [0.2, 0.25) is 0 Å². The van der Waals surface area contributed by atoms with Crippen molar-refractivity contribution in [3.8, 4) is 0 Å². The topological polar surface area (TPSA) is 101 Å². The van der Waals surface area contributed by atoms with E-state index in [9.17, 15) is 9.59 Å². The molecule has 0 fully saturated rings. The van der Waals surface area contributed by atoms with Crippen molar-refractivity contribution in [2.75, 3.05) is 16.8 Å². The maximum absolute atomic E-state index is 12.1. The van der Waals surface area contributed by atoms with Gasteiger partial charge in [-0.25, -0.2) is 4.98 Å². The number of hydrogen-bond acceptors (Lipinski definition) is 5. The van der Waals surface area contributed by atoms with Gasteiger partial charge >= 0.3 is 0 Å². The molecule has 0 aliphatic rings. The fourth-order valence-corrected chi connectivity index (χ4v) is 2.79. The van der Waals surface area contributed by atoms with E-state index < -0.39 is 0 Å². The predicted octanol–water partition coefficient (Wildman–Crippen LogP) is 2.60. The smallest absolute Gasteiger partial charge is 0.253 e. The molecule has 1 heterocycles. The molecule has 4 N–H and O–H groups in total. The number of thioether (sulfide) groups is 1. The fourth-order valence-electron chi connectivity index (χ4n) is 2.10. The van der Waals surface area contributed by atoms with Gasteiger partial charge in [-0.15, -0.1) is 0 Å². The highest BCUT2D eigenvalue weighted by atomic mass is 32.2. The summed E-state index contributed by atoms with van der Waals surface area (Å²) in [5.41, 5.74) is 7.12. The minimum absolute atomic E-state index is 0.138. The maximum atomic E-state index is 12.1. The molecule has 7 heteroatoms. The zero-order valence-electron chi connectivity index (χ0n) is 13.1. The average Bonchev–Trinajstić information content (AvgIpc) is 2.52. The molecule has 1 atom stereocenters. The molecule has 0 unspecified atom stereocenters. The van der Waals surface area contributed by atoms with Crippen molar-refractivity contribution in [1.29, 1.82) is 0 Å². The first kappa shape index (κ1) is 17.1. The van der Waals surface area contributed by atoms with E-state index in [4.69, 9.17) is 5.73 Å².